The molecule has 48 heavy (non-hydrogen) atoms. The van der Waals surface area contributed by atoms with Gasteiger partial charge in [0.05, 0.1) is 32.0 Å². The summed E-state index contributed by atoms with van der Waals surface area (Å²) in [6.07, 6.45) is 1.86. The molecular formula is C38H31ClI2N2O4S. The average molecular weight is 901 g/mol. The highest BCUT2D eigenvalue weighted by atomic mass is 127. The van der Waals surface area contributed by atoms with E-state index in [1.165, 1.54) is 11.3 Å². The molecule has 0 fully saturated rings. The molecule has 244 valence electrons. The lowest BCUT2D eigenvalue weighted by Gasteiger charge is -2.26. The first-order valence-electron chi connectivity index (χ1n) is 15.4. The lowest BCUT2D eigenvalue weighted by atomic mass is 9.91. The van der Waals surface area contributed by atoms with Crippen LogP contribution in [0.3, 0.4) is 0 Å². The zero-order chi connectivity index (χ0) is 33.9. The highest BCUT2D eigenvalue weighted by Gasteiger charge is 2.35. The summed E-state index contributed by atoms with van der Waals surface area (Å²) < 4.78 is 16.0. The molecule has 1 atom stereocenters. The third-order valence-corrected chi connectivity index (χ3v) is 10.5. The number of carbonyl (C=O) groups is 1. The van der Waals surface area contributed by atoms with Crippen LogP contribution in [0.1, 0.15) is 60.5 Å². The third kappa shape index (κ3) is 7.34. The van der Waals surface area contributed by atoms with E-state index in [1.807, 2.05) is 84.9 Å². The molecule has 0 unspecified atom stereocenters. The number of fused-ring (bicyclic) bond motifs is 1. The molecule has 0 amide bonds. The molecular weight excluding hydrogens is 870 g/mol. The summed E-state index contributed by atoms with van der Waals surface area (Å²) in [5.41, 5.74) is 5.01. The summed E-state index contributed by atoms with van der Waals surface area (Å²) in [5, 5.41) is 0.639. The second-order valence-electron chi connectivity index (χ2n) is 11.5. The molecule has 1 aliphatic rings. The summed E-state index contributed by atoms with van der Waals surface area (Å²) in [6, 6.07) is 28.5. The number of carbonyl (C=O) groups excluding carboxylic acids is 1. The van der Waals surface area contributed by atoms with Crippen LogP contribution < -0.4 is 19.6 Å². The van der Waals surface area contributed by atoms with Gasteiger partial charge in [-0.2, -0.15) is 0 Å². The van der Waals surface area contributed by atoms with Crippen molar-refractivity contribution in [2.45, 2.75) is 39.3 Å². The van der Waals surface area contributed by atoms with Gasteiger partial charge in [0.1, 0.15) is 12.4 Å². The normalized spacial score (nSPS) is 14.6. The number of benzene rings is 4. The number of halogens is 3. The number of hydrogen-bond donors (Lipinski definition) is 0. The van der Waals surface area contributed by atoms with Crippen molar-refractivity contribution in [3.8, 4) is 5.75 Å². The van der Waals surface area contributed by atoms with Crippen LogP contribution in [0.5, 0.6) is 5.75 Å². The minimum atomic E-state index is -0.742. The van der Waals surface area contributed by atoms with Crippen LogP contribution in [0, 0.1) is 7.14 Å². The summed E-state index contributed by atoms with van der Waals surface area (Å²) in [7, 11) is 0. The molecule has 10 heteroatoms. The Balaban J connectivity index is 1.56. The van der Waals surface area contributed by atoms with Crippen molar-refractivity contribution < 1.29 is 14.3 Å². The van der Waals surface area contributed by atoms with Crippen molar-refractivity contribution in [2.24, 2.45) is 4.99 Å². The Hall–Kier alpha value is -3.26. The molecule has 1 aromatic heterocycles. The average Bonchev–Trinajstić information content (AvgIpc) is 3.38. The molecule has 0 bridgehead atoms. The Bertz CT molecular complexity index is 2210. The van der Waals surface area contributed by atoms with Gasteiger partial charge in [-0.3, -0.25) is 9.36 Å². The molecule has 5 aromatic rings. The quantitative estimate of drug-likeness (QED) is 0.110. The van der Waals surface area contributed by atoms with Crippen LogP contribution in [0.15, 0.2) is 106 Å². The van der Waals surface area contributed by atoms with Crippen molar-refractivity contribution in [3.05, 3.63) is 156 Å². The van der Waals surface area contributed by atoms with Crippen LogP contribution >= 0.6 is 68.1 Å². The molecule has 6 nitrogen and oxygen atoms in total. The van der Waals surface area contributed by atoms with Crippen LogP contribution in [0.25, 0.3) is 11.8 Å². The topological polar surface area (TPSA) is 69.9 Å². The third-order valence-electron chi connectivity index (χ3n) is 7.89. The second kappa shape index (κ2) is 15.1. The Morgan fingerprint density at radius 2 is 1.77 bits per heavy atom. The largest absolute Gasteiger partial charge is 0.487 e. The minimum Gasteiger partial charge on any atom is -0.487 e. The highest BCUT2D eigenvalue weighted by molar-refractivity contribution is 14.1. The maximum atomic E-state index is 14.5. The fourth-order valence-corrected chi connectivity index (χ4v) is 8.83. The van der Waals surface area contributed by atoms with E-state index in [0.717, 1.165) is 35.0 Å². The number of nitrogens with zero attached hydrogens (tertiary/aromatic N) is 2. The summed E-state index contributed by atoms with van der Waals surface area (Å²) >= 11 is 12.0. The summed E-state index contributed by atoms with van der Waals surface area (Å²) in [4.78, 5) is 33.8. The van der Waals surface area contributed by atoms with E-state index in [-0.39, 0.29) is 12.2 Å². The Morgan fingerprint density at radius 1 is 1.02 bits per heavy atom. The predicted octanol–water partition coefficient (Wildman–Crippen LogP) is 8.50. The van der Waals surface area contributed by atoms with Gasteiger partial charge in [0.2, 0.25) is 0 Å². The van der Waals surface area contributed by atoms with Crippen LogP contribution in [0.2, 0.25) is 5.02 Å². The summed E-state index contributed by atoms with van der Waals surface area (Å²) in [5.74, 6) is 0.490. The van der Waals surface area contributed by atoms with Gasteiger partial charge < -0.3 is 9.47 Å². The Kier molecular flexibility index (Phi) is 10.9. The molecule has 0 saturated carbocycles. The van der Waals surface area contributed by atoms with Gasteiger partial charge in [-0.1, -0.05) is 104 Å². The van der Waals surface area contributed by atoms with Crippen molar-refractivity contribution in [1.82, 2.24) is 4.57 Å². The fourth-order valence-electron chi connectivity index (χ4n) is 5.58. The number of thiazole rings is 1. The van der Waals surface area contributed by atoms with Crippen LogP contribution in [-0.2, 0) is 16.1 Å². The van der Waals surface area contributed by atoms with Crippen LogP contribution in [-0.4, -0.2) is 17.1 Å². The first kappa shape index (κ1) is 34.6. The zero-order valence-corrected chi connectivity index (χ0v) is 32.3. The smallest absolute Gasteiger partial charge is 0.338 e. The van der Waals surface area contributed by atoms with E-state index in [1.54, 1.807) is 11.5 Å². The molecule has 2 heterocycles. The van der Waals surface area contributed by atoms with E-state index in [2.05, 4.69) is 71.2 Å². The Labute approximate surface area is 315 Å². The summed E-state index contributed by atoms with van der Waals surface area (Å²) in [6.45, 7) is 6.55. The fraction of sp³-hybridized carbons (Fsp3) is 0.184. The molecule has 4 aromatic carbocycles. The van der Waals surface area contributed by atoms with Crippen molar-refractivity contribution in [1.29, 1.82) is 0 Å². The van der Waals surface area contributed by atoms with E-state index >= 15 is 0 Å². The van der Waals surface area contributed by atoms with Gasteiger partial charge in [0.15, 0.2) is 4.80 Å². The zero-order valence-electron chi connectivity index (χ0n) is 26.4. The minimum absolute atomic E-state index is 0.192. The standard InChI is InChI=1S/C38H31ClI2N2O4S/c1-4-46-37(45)32-33(25-10-6-5-7-11-25)42-38-43(34(32)26-15-13-24(14-16-26)22(2)3)36(44)31(48-38)19-27-18-29(40)20-30(41)35(27)47-21-23-9-8-12-28(39)17-23/h5-20,22,34H,4,21H2,1-3H3/b31-19-/t34-/m0/s1. The van der Waals surface area contributed by atoms with Gasteiger partial charge in [0, 0.05) is 19.7 Å². The number of ether oxygens (including phenoxy) is 2. The van der Waals surface area contributed by atoms with E-state index < -0.39 is 12.0 Å². The van der Waals surface area contributed by atoms with Crippen molar-refractivity contribution >= 4 is 85.9 Å². The van der Waals surface area contributed by atoms with E-state index in [0.29, 0.717) is 43.9 Å². The first-order chi connectivity index (χ1) is 23.1. The van der Waals surface area contributed by atoms with Gasteiger partial charge in [-0.05, 0) is 105 Å². The maximum Gasteiger partial charge on any atom is 0.338 e. The number of hydrogen-bond acceptors (Lipinski definition) is 6. The highest BCUT2D eigenvalue weighted by Crippen LogP contribution is 2.36. The van der Waals surface area contributed by atoms with Gasteiger partial charge in [-0.25, -0.2) is 9.79 Å². The lowest BCUT2D eigenvalue weighted by Crippen LogP contribution is -2.40. The molecule has 0 aliphatic carbocycles. The second-order valence-corrected chi connectivity index (χ2v) is 15.3. The maximum absolute atomic E-state index is 14.5. The van der Waals surface area contributed by atoms with E-state index in [9.17, 15) is 9.59 Å². The van der Waals surface area contributed by atoms with Gasteiger partial charge in [-0.15, -0.1) is 0 Å². The molecule has 0 spiro atoms. The molecule has 0 N–H and O–H groups in total. The van der Waals surface area contributed by atoms with E-state index in [4.69, 9.17) is 26.1 Å². The lowest BCUT2D eigenvalue weighted by molar-refractivity contribution is -0.138. The molecule has 0 radical (unpaired) electrons. The number of rotatable bonds is 9. The van der Waals surface area contributed by atoms with Gasteiger partial charge in [0.25, 0.3) is 5.56 Å². The number of esters is 1. The first-order valence-corrected chi connectivity index (χ1v) is 18.7. The SMILES string of the molecule is CCOC(=O)C1=C(c2ccccc2)N=c2s/c(=C\c3cc(I)cc(I)c3OCc3cccc(Cl)c3)c(=O)n2[C@H]1c1ccc(C(C)C)cc1. The molecule has 1 aliphatic heterocycles. The van der Waals surface area contributed by atoms with Crippen LogP contribution in [0.4, 0.5) is 0 Å². The van der Waals surface area contributed by atoms with Crippen molar-refractivity contribution in [3.63, 3.8) is 0 Å². The monoisotopic (exact) mass is 900 g/mol. The number of aromatic nitrogens is 1. The predicted molar refractivity (Wildman–Crippen MR) is 209 cm³/mol. The Morgan fingerprint density at radius 3 is 2.46 bits per heavy atom. The van der Waals surface area contributed by atoms with Gasteiger partial charge >= 0.3 is 5.97 Å². The van der Waals surface area contributed by atoms with Crippen molar-refractivity contribution in [2.75, 3.05) is 6.61 Å². The molecule has 0 saturated heterocycles. The molecule has 6 rings (SSSR count).